The lowest BCUT2D eigenvalue weighted by atomic mass is 9.97. The predicted octanol–water partition coefficient (Wildman–Crippen LogP) is 2.17. The average Bonchev–Trinajstić information content (AvgIpc) is 2.54. The van der Waals surface area contributed by atoms with E-state index in [9.17, 15) is 23.3 Å². The molecule has 0 atom stereocenters. The number of sulfonamides is 1. The van der Waals surface area contributed by atoms with Gasteiger partial charge in [0.05, 0.1) is 9.95 Å². The van der Waals surface area contributed by atoms with E-state index in [1.165, 1.54) is 10.4 Å². The second-order valence-electron chi connectivity index (χ2n) is 6.21. The topological polar surface area (TPSA) is 110 Å². The number of hydrogen-bond acceptors (Lipinski definition) is 5. The first kappa shape index (κ1) is 19.6. The van der Waals surface area contributed by atoms with Crippen LogP contribution in [-0.4, -0.2) is 42.7 Å². The van der Waals surface area contributed by atoms with Gasteiger partial charge in [0.2, 0.25) is 15.9 Å². The van der Waals surface area contributed by atoms with Crippen LogP contribution in [0.1, 0.15) is 26.7 Å². The van der Waals surface area contributed by atoms with Crippen LogP contribution in [0.3, 0.4) is 0 Å². The number of amides is 1. The van der Waals surface area contributed by atoms with E-state index in [1.54, 1.807) is 0 Å². The lowest BCUT2D eigenvalue weighted by molar-refractivity contribution is -0.385. The smallest absolute Gasteiger partial charge is 0.270 e. The average molecular weight is 390 g/mol. The first-order valence-corrected chi connectivity index (χ1v) is 9.69. The molecule has 0 saturated carbocycles. The SMILES string of the molecule is CC(C)NC(=O)C1CCN(S(=O)(=O)c2cc([N+](=O)[O-])ccc2Cl)CC1. The van der Waals surface area contributed by atoms with Gasteiger partial charge < -0.3 is 5.32 Å². The normalized spacial score (nSPS) is 16.8. The van der Waals surface area contributed by atoms with Crippen LogP contribution in [0.25, 0.3) is 0 Å². The van der Waals surface area contributed by atoms with Gasteiger partial charge in [0.1, 0.15) is 4.90 Å². The number of piperidine rings is 1. The zero-order valence-corrected chi connectivity index (χ0v) is 15.5. The number of carbonyl (C=O) groups is 1. The van der Waals surface area contributed by atoms with Gasteiger partial charge in [-0.2, -0.15) is 4.31 Å². The van der Waals surface area contributed by atoms with Crippen LogP contribution in [-0.2, 0) is 14.8 Å². The Morgan fingerprint density at radius 1 is 1.36 bits per heavy atom. The number of nitro benzene ring substituents is 1. The molecule has 0 aromatic heterocycles. The molecule has 1 heterocycles. The van der Waals surface area contributed by atoms with Crippen molar-refractivity contribution in [2.24, 2.45) is 5.92 Å². The molecule has 1 N–H and O–H groups in total. The summed E-state index contributed by atoms with van der Waals surface area (Å²) in [6.45, 7) is 4.05. The maximum atomic E-state index is 12.8. The summed E-state index contributed by atoms with van der Waals surface area (Å²) in [5.74, 6) is -0.324. The number of nitrogens with zero attached hydrogens (tertiary/aromatic N) is 2. The number of halogens is 1. The molecule has 25 heavy (non-hydrogen) atoms. The molecule has 1 aliphatic rings. The fraction of sp³-hybridized carbons (Fsp3) is 0.533. The number of rotatable bonds is 5. The lowest BCUT2D eigenvalue weighted by Gasteiger charge is -2.31. The maximum absolute atomic E-state index is 12.8. The summed E-state index contributed by atoms with van der Waals surface area (Å²) < 4.78 is 26.7. The van der Waals surface area contributed by atoms with Crippen LogP contribution in [0.2, 0.25) is 5.02 Å². The Bertz CT molecular complexity index is 773. The molecule has 0 spiro atoms. The van der Waals surface area contributed by atoms with Gasteiger partial charge in [0.15, 0.2) is 0 Å². The van der Waals surface area contributed by atoms with Crippen molar-refractivity contribution in [2.75, 3.05) is 13.1 Å². The van der Waals surface area contributed by atoms with Crippen LogP contribution in [0.15, 0.2) is 23.1 Å². The van der Waals surface area contributed by atoms with Crippen molar-refractivity contribution >= 4 is 33.2 Å². The van der Waals surface area contributed by atoms with Crippen LogP contribution in [0, 0.1) is 16.0 Å². The van der Waals surface area contributed by atoms with E-state index in [-0.39, 0.29) is 46.6 Å². The maximum Gasteiger partial charge on any atom is 0.270 e. The highest BCUT2D eigenvalue weighted by Gasteiger charge is 2.34. The van der Waals surface area contributed by atoms with Gasteiger partial charge in [-0.15, -0.1) is 0 Å². The summed E-state index contributed by atoms with van der Waals surface area (Å²) in [5, 5.41) is 13.6. The van der Waals surface area contributed by atoms with E-state index < -0.39 is 14.9 Å². The molecule has 1 fully saturated rings. The molecule has 0 aliphatic carbocycles. The van der Waals surface area contributed by atoms with E-state index in [2.05, 4.69) is 5.32 Å². The van der Waals surface area contributed by atoms with Gasteiger partial charge in [0.25, 0.3) is 5.69 Å². The first-order valence-electron chi connectivity index (χ1n) is 7.87. The minimum Gasteiger partial charge on any atom is -0.354 e. The van der Waals surface area contributed by atoms with E-state index in [1.807, 2.05) is 13.8 Å². The Hall–Kier alpha value is -1.71. The van der Waals surface area contributed by atoms with Crippen molar-refractivity contribution in [3.05, 3.63) is 33.3 Å². The molecule has 0 unspecified atom stereocenters. The molecule has 1 aliphatic heterocycles. The van der Waals surface area contributed by atoms with E-state index >= 15 is 0 Å². The molecule has 138 valence electrons. The predicted molar refractivity (Wildman–Crippen MR) is 92.9 cm³/mol. The Morgan fingerprint density at radius 2 is 1.96 bits per heavy atom. The summed E-state index contributed by atoms with van der Waals surface area (Å²) in [4.78, 5) is 22.0. The van der Waals surface area contributed by atoms with Crippen LogP contribution < -0.4 is 5.32 Å². The van der Waals surface area contributed by atoms with E-state index in [0.29, 0.717) is 12.8 Å². The van der Waals surface area contributed by atoms with Gasteiger partial charge in [-0.3, -0.25) is 14.9 Å². The third kappa shape index (κ3) is 4.47. The number of nitro groups is 1. The fourth-order valence-corrected chi connectivity index (χ4v) is 4.67. The van der Waals surface area contributed by atoms with Crippen LogP contribution in [0.5, 0.6) is 0 Å². The van der Waals surface area contributed by atoms with Crippen LogP contribution >= 0.6 is 11.6 Å². The number of nitrogens with one attached hydrogen (secondary N) is 1. The third-order valence-electron chi connectivity index (χ3n) is 4.00. The largest absolute Gasteiger partial charge is 0.354 e. The Kier molecular flexibility index (Phi) is 6.02. The minimum atomic E-state index is -3.96. The number of hydrogen-bond donors (Lipinski definition) is 1. The van der Waals surface area contributed by atoms with Gasteiger partial charge in [-0.25, -0.2) is 8.42 Å². The van der Waals surface area contributed by atoms with Gasteiger partial charge in [0, 0.05) is 37.2 Å². The number of non-ortho nitro benzene ring substituents is 1. The van der Waals surface area contributed by atoms with Gasteiger partial charge in [-0.1, -0.05) is 11.6 Å². The Balaban J connectivity index is 2.16. The quantitative estimate of drug-likeness (QED) is 0.613. The van der Waals surface area contributed by atoms with Crippen molar-refractivity contribution in [1.82, 2.24) is 9.62 Å². The second-order valence-corrected chi connectivity index (χ2v) is 8.53. The summed E-state index contributed by atoms with van der Waals surface area (Å²) in [6.07, 6.45) is 0.786. The lowest BCUT2D eigenvalue weighted by Crippen LogP contribution is -2.44. The number of carbonyl (C=O) groups excluding carboxylic acids is 1. The molecule has 0 radical (unpaired) electrons. The van der Waals surface area contributed by atoms with Crippen molar-refractivity contribution in [3.8, 4) is 0 Å². The molecule has 1 aromatic rings. The second kappa shape index (κ2) is 7.67. The van der Waals surface area contributed by atoms with E-state index in [4.69, 9.17) is 11.6 Å². The summed E-state index contributed by atoms with van der Waals surface area (Å²) in [7, 11) is -3.96. The highest BCUT2D eigenvalue weighted by atomic mass is 35.5. The molecular formula is C15H20ClN3O5S. The van der Waals surface area contributed by atoms with Crippen molar-refractivity contribution in [1.29, 1.82) is 0 Å². The number of benzene rings is 1. The summed E-state index contributed by atoms with van der Waals surface area (Å²) >= 11 is 5.95. The summed E-state index contributed by atoms with van der Waals surface area (Å²) in [6, 6.07) is 3.35. The first-order chi connectivity index (χ1) is 11.6. The molecule has 0 bridgehead atoms. The zero-order chi connectivity index (χ0) is 18.8. The van der Waals surface area contributed by atoms with Crippen molar-refractivity contribution < 1.29 is 18.1 Å². The molecule has 1 aromatic carbocycles. The van der Waals surface area contributed by atoms with Crippen molar-refractivity contribution in [2.45, 2.75) is 37.6 Å². The Morgan fingerprint density at radius 3 is 2.48 bits per heavy atom. The molecule has 10 heteroatoms. The highest BCUT2D eigenvalue weighted by Crippen LogP contribution is 2.31. The monoisotopic (exact) mass is 389 g/mol. The third-order valence-corrected chi connectivity index (χ3v) is 6.38. The van der Waals surface area contributed by atoms with Crippen LogP contribution in [0.4, 0.5) is 5.69 Å². The molecule has 8 nitrogen and oxygen atoms in total. The molecule has 2 rings (SSSR count). The van der Waals surface area contributed by atoms with Gasteiger partial charge >= 0.3 is 0 Å². The Labute approximate surface area is 151 Å². The zero-order valence-electron chi connectivity index (χ0n) is 13.9. The standard InChI is InChI=1S/C15H20ClN3O5S/c1-10(2)17-15(20)11-5-7-18(8-6-11)25(23,24)14-9-12(19(21)22)3-4-13(14)16/h3-4,9-11H,5-8H2,1-2H3,(H,17,20). The molecule has 1 saturated heterocycles. The molecular weight excluding hydrogens is 370 g/mol. The van der Waals surface area contributed by atoms with Gasteiger partial charge in [-0.05, 0) is 32.8 Å². The van der Waals surface area contributed by atoms with Crippen molar-refractivity contribution in [3.63, 3.8) is 0 Å². The minimum absolute atomic E-state index is 0.0259. The highest BCUT2D eigenvalue weighted by molar-refractivity contribution is 7.89. The summed E-state index contributed by atoms with van der Waals surface area (Å²) in [5.41, 5.74) is -0.339. The fourth-order valence-electron chi connectivity index (χ4n) is 2.70. The molecule has 1 amide bonds. The van der Waals surface area contributed by atoms with E-state index in [0.717, 1.165) is 12.1 Å².